The molecule has 2 heterocycles. The number of hydrogen-bond acceptors (Lipinski definition) is 19. The van der Waals surface area contributed by atoms with Crippen LogP contribution in [0, 0.1) is 18.4 Å². The highest BCUT2D eigenvalue weighted by atomic mass is 16.7. The molecule has 0 spiro atoms. The number of carbonyl (C=O) groups is 4. The number of nitrogens with zero attached hydrogens (tertiary/aromatic N) is 1. The fourth-order valence-electron chi connectivity index (χ4n) is 8.17. The molecule has 3 aromatic carbocycles. The van der Waals surface area contributed by atoms with Crippen molar-refractivity contribution in [2.45, 2.75) is 94.3 Å². The van der Waals surface area contributed by atoms with Gasteiger partial charge in [0.1, 0.15) is 71.8 Å². The Morgan fingerprint density at radius 3 is 2.18 bits per heavy atom. The molecule has 3 aromatic rings. The summed E-state index contributed by atoms with van der Waals surface area (Å²) in [5.41, 5.74) is -3.68. The van der Waals surface area contributed by atoms with Crippen molar-refractivity contribution < 1.29 is 88.8 Å². The predicted molar refractivity (Wildman–Crippen MR) is 200 cm³/mol. The third-order valence-corrected chi connectivity index (χ3v) is 11.3. The van der Waals surface area contributed by atoms with Crippen molar-refractivity contribution in [1.82, 2.24) is 10.6 Å². The molecule has 0 aromatic heterocycles. The van der Waals surface area contributed by atoms with Crippen LogP contribution in [-0.4, -0.2) is 144 Å². The van der Waals surface area contributed by atoms with Crippen LogP contribution in [0.2, 0.25) is 0 Å². The number of methoxy groups -OCH3 is 1. The van der Waals surface area contributed by atoms with Gasteiger partial charge in [-0.2, -0.15) is 5.26 Å². The molecular weight excluding hydrogens is 810 g/mol. The molecule has 61 heavy (non-hydrogen) atoms. The number of aryl methyl sites for hydroxylation is 1. The molecule has 4 aliphatic rings. The smallest absolute Gasteiger partial charge is 0.325 e. The Bertz CT molecular complexity index is 2380. The molecule has 2 aliphatic heterocycles. The minimum atomic E-state index is -1.95. The molecule has 0 bridgehead atoms. The van der Waals surface area contributed by atoms with E-state index in [-0.39, 0.29) is 28.0 Å². The fraction of sp³-hybridized carbons (Fsp3) is 0.425. The summed E-state index contributed by atoms with van der Waals surface area (Å²) in [6, 6.07) is 1.97. The van der Waals surface area contributed by atoms with E-state index in [1.807, 2.05) is 0 Å². The van der Waals surface area contributed by atoms with E-state index in [9.17, 15) is 70.4 Å². The number of amides is 1. The van der Waals surface area contributed by atoms with E-state index < -0.39 is 154 Å². The number of ketones is 2. The van der Waals surface area contributed by atoms with Gasteiger partial charge >= 0.3 is 5.97 Å². The maximum Gasteiger partial charge on any atom is 0.325 e. The number of aromatic hydroxyl groups is 3. The quantitative estimate of drug-likeness (QED) is 0.0728. The number of carboxylic acid groups (broad SMARTS) is 1. The lowest BCUT2D eigenvalue weighted by Gasteiger charge is -2.46. The highest BCUT2D eigenvalue weighted by molar-refractivity contribution is 6.31. The first-order valence-corrected chi connectivity index (χ1v) is 18.8. The fourth-order valence-corrected chi connectivity index (χ4v) is 8.17. The SMILES string of the molecule is COc1cc(O)c2c(c1)C(=O)c1c(cc3c(c1O)-c1c(cc(C)c(C(=O)N[C@H](C)C(=O)O)c1O)[C@H](O[C@@H]1O[C@H](C)[C@H](NC#N)[C@H](O[C@@H]4OC[C@@H](O)[C@H](O)[C@H]4O)[C@H]1O)[C@H]3O)C2=O. The number of phenols is 3. The van der Waals surface area contributed by atoms with E-state index in [1.165, 1.54) is 40.0 Å². The average Bonchev–Trinajstić information content (AvgIpc) is 3.20. The number of carbonyl (C=O) groups excluding carboxylic acids is 3. The Hall–Kier alpha value is -5.93. The molecule has 0 saturated carbocycles. The van der Waals surface area contributed by atoms with Gasteiger partial charge in [-0.25, -0.2) is 0 Å². The lowest BCUT2D eigenvalue weighted by Crippen LogP contribution is -2.65. The van der Waals surface area contributed by atoms with Gasteiger partial charge in [0.05, 0.1) is 42.6 Å². The van der Waals surface area contributed by atoms with Gasteiger partial charge in [0.2, 0.25) is 0 Å². The van der Waals surface area contributed by atoms with E-state index in [0.29, 0.717) is 0 Å². The number of aliphatic carboxylic acids is 1. The molecule has 324 valence electrons. The topological polar surface area (TPSA) is 344 Å². The Balaban J connectivity index is 1.37. The number of nitrogens with one attached hydrogen (secondary N) is 2. The summed E-state index contributed by atoms with van der Waals surface area (Å²) in [6.07, 6.45) is -14.9. The molecule has 2 fully saturated rings. The maximum atomic E-state index is 14.1. The number of benzene rings is 3. The molecule has 21 nitrogen and oxygen atoms in total. The normalized spacial score (nSPS) is 29.5. The number of nitriles is 1. The van der Waals surface area contributed by atoms with E-state index in [0.717, 1.165) is 12.1 Å². The first kappa shape index (κ1) is 43.2. The first-order valence-electron chi connectivity index (χ1n) is 18.8. The Labute approximate surface area is 344 Å². The largest absolute Gasteiger partial charge is 0.507 e. The molecule has 11 N–H and O–H groups in total. The summed E-state index contributed by atoms with van der Waals surface area (Å²) in [6.45, 7) is 3.52. The van der Waals surface area contributed by atoms with Crippen molar-refractivity contribution in [2.75, 3.05) is 13.7 Å². The molecule has 2 aliphatic carbocycles. The van der Waals surface area contributed by atoms with Crippen LogP contribution in [0.3, 0.4) is 0 Å². The molecule has 2 saturated heterocycles. The van der Waals surface area contributed by atoms with Crippen LogP contribution in [0.4, 0.5) is 0 Å². The number of hydrogen-bond donors (Lipinski definition) is 11. The van der Waals surface area contributed by atoms with Crippen LogP contribution in [0.1, 0.15) is 84.9 Å². The van der Waals surface area contributed by atoms with Crippen molar-refractivity contribution in [3.8, 4) is 40.3 Å². The zero-order valence-electron chi connectivity index (χ0n) is 32.6. The van der Waals surface area contributed by atoms with Crippen molar-refractivity contribution in [2.24, 2.45) is 0 Å². The van der Waals surface area contributed by atoms with Crippen LogP contribution >= 0.6 is 0 Å². The van der Waals surface area contributed by atoms with E-state index in [1.54, 1.807) is 6.19 Å². The molecule has 0 radical (unpaired) electrons. The summed E-state index contributed by atoms with van der Waals surface area (Å²) < 4.78 is 28.6. The molecule has 1 amide bonds. The lowest BCUT2D eigenvalue weighted by atomic mass is 9.74. The van der Waals surface area contributed by atoms with Crippen molar-refractivity contribution in [1.29, 1.82) is 5.26 Å². The number of phenolic OH excluding ortho intramolecular Hbond substituents is 3. The average molecular weight is 852 g/mol. The lowest BCUT2D eigenvalue weighted by molar-refractivity contribution is -0.339. The third-order valence-electron chi connectivity index (χ3n) is 11.3. The van der Waals surface area contributed by atoms with Crippen LogP contribution in [-0.2, 0) is 23.7 Å². The van der Waals surface area contributed by atoms with Crippen LogP contribution in [0.5, 0.6) is 23.0 Å². The van der Waals surface area contributed by atoms with Gasteiger partial charge in [0, 0.05) is 28.3 Å². The van der Waals surface area contributed by atoms with Crippen LogP contribution in [0.15, 0.2) is 24.3 Å². The van der Waals surface area contributed by atoms with Gasteiger partial charge in [0.25, 0.3) is 5.91 Å². The maximum absolute atomic E-state index is 14.1. The van der Waals surface area contributed by atoms with Crippen molar-refractivity contribution in [3.63, 3.8) is 0 Å². The Kier molecular flexibility index (Phi) is 11.4. The number of ether oxygens (including phenoxy) is 5. The third kappa shape index (κ3) is 7.06. The van der Waals surface area contributed by atoms with Gasteiger partial charge < -0.3 is 80.3 Å². The summed E-state index contributed by atoms with van der Waals surface area (Å²) in [5.74, 6) is -6.82. The number of rotatable bonds is 9. The van der Waals surface area contributed by atoms with Gasteiger partial charge in [-0.15, -0.1) is 0 Å². The molecular formula is C40H41N3O18. The highest BCUT2D eigenvalue weighted by Crippen LogP contribution is 2.57. The predicted octanol–water partition coefficient (Wildman–Crippen LogP) is -0.760. The number of aliphatic hydroxyl groups excluding tert-OH is 5. The van der Waals surface area contributed by atoms with Gasteiger partial charge in [-0.3, -0.25) is 19.2 Å². The second-order valence-electron chi connectivity index (χ2n) is 15.1. The number of carboxylic acids is 1. The van der Waals surface area contributed by atoms with E-state index >= 15 is 0 Å². The van der Waals surface area contributed by atoms with Crippen molar-refractivity contribution >= 4 is 23.4 Å². The second-order valence-corrected chi connectivity index (χ2v) is 15.1. The summed E-state index contributed by atoms with van der Waals surface area (Å²) >= 11 is 0. The molecule has 0 unspecified atom stereocenters. The molecule has 21 heteroatoms. The van der Waals surface area contributed by atoms with E-state index in [4.69, 9.17) is 23.7 Å². The first-order chi connectivity index (χ1) is 28.8. The summed E-state index contributed by atoms with van der Waals surface area (Å²) in [4.78, 5) is 53.3. The monoisotopic (exact) mass is 851 g/mol. The van der Waals surface area contributed by atoms with Crippen molar-refractivity contribution in [3.05, 3.63) is 68.8 Å². The van der Waals surface area contributed by atoms with Gasteiger partial charge in [0.15, 0.2) is 30.3 Å². The zero-order chi connectivity index (χ0) is 44.5. The number of fused-ring (bicyclic) bond motifs is 5. The van der Waals surface area contributed by atoms with Crippen LogP contribution in [0.25, 0.3) is 11.1 Å². The molecule has 12 atom stereocenters. The standard InChI is InChI=1S/C40H41N3O18/c1-11-5-18-24(31(50)21(11)37(54)43-12(2)38(55)56)23-16(8-17-25(32(23)51)28(47)15-6-14(57-4)7-19(44)22(15)27(17)46)29(48)35(18)60-40-34(53)36(26(42-10-41)13(3)59-40)61-39-33(52)30(49)20(45)9-58-39/h5-8,12-13,20,26,29-30,33-36,39-40,42,44-45,48-53H,9H2,1-4H3,(H,43,54)(H,55,56)/t12-,13-,20-,26+,29+,30+,33-,34-,35+,36+,39+,40+/m1/s1. The Morgan fingerprint density at radius 1 is 0.869 bits per heavy atom. The van der Waals surface area contributed by atoms with E-state index in [2.05, 4.69) is 10.6 Å². The summed E-state index contributed by atoms with van der Waals surface area (Å²) in [7, 11) is 1.25. The van der Waals surface area contributed by atoms with Gasteiger partial charge in [-0.05, 0) is 49.6 Å². The number of aliphatic hydroxyl groups is 5. The molecule has 7 rings (SSSR count). The Morgan fingerprint density at radius 2 is 1.52 bits per heavy atom. The summed E-state index contributed by atoms with van der Waals surface area (Å²) in [5, 5.41) is 113. The zero-order valence-corrected chi connectivity index (χ0v) is 32.6. The van der Waals surface area contributed by atoms with Gasteiger partial charge in [-0.1, -0.05) is 6.07 Å². The highest BCUT2D eigenvalue weighted by Gasteiger charge is 2.51. The minimum Gasteiger partial charge on any atom is -0.507 e. The minimum absolute atomic E-state index is 0.000981. The second kappa shape index (κ2) is 16.2. The van der Waals surface area contributed by atoms with Crippen LogP contribution < -0.4 is 15.4 Å².